The Bertz CT molecular complexity index is 570. The highest BCUT2D eigenvalue weighted by atomic mass is 35.5. The number of benzene rings is 2. The van der Waals surface area contributed by atoms with Gasteiger partial charge in [0.15, 0.2) is 0 Å². The van der Waals surface area contributed by atoms with Gasteiger partial charge in [0.1, 0.15) is 24.0 Å². The van der Waals surface area contributed by atoms with Gasteiger partial charge in [-0.05, 0) is 24.6 Å². The van der Waals surface area contributed by atoms with Gasteiger partial charge in [-0.1, -0.05) is 29.8 Å². The van der Waals surface area contributed by atoms with Crippen molar-refractivity contribution in [1.82, 2.24) is 0 Å². The van der Waals surface area contributed by atoms with E-state index in [4.69, 9.17) is 16.3 Å². The van der Waals surface area contributed by atoms with Gasteiger partial charge in [-0.25, -0.2) is 8.78 Å². The third-order valence-electron chi connectivity index (χ3n) is 2.57. The Morgan fingerprint density at radius 3 is 2.67 bits per heavy atom. The van der Waals surface area contributed by atoms with Crippen LogP contribution in [0.4, 0.5) is 8.78 Å². The first kappa shape index (κ1) is 12.8. The second-order valence-corrected chi connectivity index (χ2v) is 4.32. The highest BCUT2D eigenvalue weighted by molar-refractivity contribution is 6.30. The van der Waals surface area contributed by atoms with E-state index in [2.05, 4.69) is 0 Å². The van der Waals surface area contributed by atoms with Gasteiger partial charge in [0.05, 0.1) is 5.02 Å². The minimum Gasteiger partial charge on any atom is -0.489 e. The summed E-state index contributed by atoms with van der Waals surface area (Å²) in [5.74, 6) is -0.497. The van der Waals surface area contributed by atoms with Crippen LogP contribution >= 0.6 is 11.6 Å². The van der Waals surface area contributed by atoms with Crippen molar-refractivity contribution in [2.24, 2.45) is 0 Å². The fraction of sp³-hybridized carbons (Fsp3) is 0.143. The van der Waals surface area contributed by atoms with Crippen LogP contribution in [0.2, 0.25) is 5.02 Å². The monoisotopic (exact) mass is 268 g/mol. The van der Waals surface area contributed by atoms with Crippen molar-refractivity contribution in [2.75, 3.05) is 0 Å². The zero-order valence-electron chi connectivity index (χ0n) is 9.71. The Kier molecular flexibility index (Phi) is 3.82. The molecular formula is C14H11ClF2O. The summed E-state index contributed by atoms with van der Waals surface area (Å²) in [7, 11) is 0. The Morgan fingerprint density at radius 2 is 1.94 bits per heavy atom. The van der Waals surface area contributed by atoms with Gasteiger partial charge in [0.2, 0.25) is 0 Å². The molecule has 94 valence electrons. The molecule has 0 fully saturated rings. The van der Waals surface area contributed by atoms with Crippen molar-refractivity contribution in [2.45, 2.75) is 13.5 Å². The number of hydrogen-bond donors (Lipinski definition) is 0. The maximum Gasteiger partial charge on any atom is 0.148 e. The predicted octanol–water partition coefficient (Wildman–Crippen LogP) is 4.51. The molecule has 0 radical (unpaired) electrons. The van der Waals surface area contributed by atoms with E-state index in [1.165, 1.54) is 12.1 Å². The molecular weight excluding hydrogens is 258 g/mol. The number of aryl methyl sites for hydroxylation is 1. The number of ether oxygens (including phenoxy) is 1. The van der Waals surface area contributed by atoms with Crippen LogP contribution in [0.1, 0.15) is 11.1 Å². The van der Waals surface area contributed by atoms with E-state index in [0.717, 1.165) is 0 Å². The molecule has 4 heteroatoms. The molecule has 0 aliphatic carbocycles. The standard InChI is InChI=1S/C14H11ClF2O/c1-9-5-6-11(7-13(9)16)18-8-10-3-2-4-12(15)14(10)17/h2-7H,8H2,1H3. The molecule has 18 heavy (non-hydrogen) atoms. The summed E-state index contributed by atoms with van der Waals surface area (Å²) in [5, 5.41) is 0.0474. The predicted molar refractivity (Wildman–Crippen MR) is 66.9 cm³/mol. The summed E-state index contributed by atoms with van der Waals surface area (Å²) < 4.78 is 32.2. The van der Waals surface area contributed by atoms with Crippen LogP contribution in [0.25, 0.3) is 0 Å². The molecule has 0 unspecified atom stereocenters. The lowest BCUT2D eigenvalue weighted by Crippen LogP contribution is -1.99. The summed E-state index contributed by atoms with van der Waals surface area (Å²) in [5.41, 5.74) is 0.875. The van der Waals surface area contributed by atoms with Gasteiger partial charge in [-0.2, -0.15) is 0 Å². The van der Waals surface area contributed by atoms with Crippen molar-refractivity contribution in [3.63, 3.8) is 0 Å². The maximum atomic E-state index is 13.6. The van der Waals surface area contributed by atoms with Crippen LogP contribution in [-0.2, 0) is 6.61 Å². The van der Waals surface area contributed by atoms with Crippen molar-refractivity contribution in [3.05, 3.63) is 64.2 Å². The zero-order chi connectivity index (χ0) is 13.1. The molecule has 0 atom stereocenters. The SMILES string of the molecule is Cc1ccc(OCc2cccc(Cl)c2F)cc1F. The lowest BCUT2D eigenvalue weighted by atomic mass is 10.2. The fourth-order valence-electron chi connectivity index (χ4n) is 1.48. The van der Waals surface area contributed by atoms with Gasteiger partial charge in [0, 0.05) is 11.6 Å². The van der Waals surface area contributed by atoms with Crippen molar-refractivity contribution in [1.29, 1.82) is 0 Å². The summed E-state index contributed by atoms with van der Waals surface area (Å²) in [4.78, 5) is 0. The molecule has 2 rings (SSSR count). The maximum absolute atomic E-state index is 13.6. The Hall–Kier alpha value is -1.61. The minimum absolute atomic E-state index is 0.00882. The Labute approximate surface area is 109 Å². The number of halogens is 3. The third kappa shape index (κ3) is 2.79. The molecule has 0 amide bonds. The fourth-order valence-corrected chi connectivity index (χ4v) is 1.68. The molecule has 0 spiro atoms. The molecule has 0 bridgehead atoms. The molecule has 2 aromatic rings. The van der Waals surface area contributed by atoms with Crippen molar-refractivity contribution in [3.8, 4) is 5.75 Å². The second kappa shape index (κ2) is 5.36. The Balaban J connectivity index is 2.11. The summed E-state index contributed by atoms with van der Waals surface area (Å²) >= 11 is 5.65. The van der Waals surface area contributed by atoms with Crippen LogP contribution < -0.4 is 4.74 Å². The highest BCUT2D eigenvalue weighted by Gasteiger charge is 2.07. The van der Waals surface area contributed by atoms with E-state index in [1.807, 2.05) is 0 Å². The van der Waals surface area contributed by atoms with Crippen LogP contribution in [0, 0.1) is 18.6 Å². The first-order chi connectivity index (χ1) is 8.58. The van der Waals surface area contributed by atoms with Gasteiger partial charge in [0.25, 0.3) is 0 Å². The van der Waals surface area contributed by atoms with Gasteiger partial charge >= 0.3 is 0 Å². The van der Waals surface area contributed by atoms with Crippen LogP contribution in [0.3, 0.4) is 0 Å². The van der Waals surface area contributed by atoms with Crippen LogP contribution in [0.15, 0.2) is 36.4 Å². The minimum atomic E-state index is -0.508. The summed E-state index contributed by atoms with van der Waals surface area (Å²) in [6.45, 7) is 1.67. The lowest BCUT2D eigenvalue weighted by Gasteiger charge is -2.08. The van der Waals surface area contributed by atoms with Crippen molar-refractivity contribution >= 4 is 11.6 Å². The van der Waals surface area contributed by atoms with E-state index < -0.39 is 5.82 Å². The van der Waals surface area contributed by atoms with E-state index >= 15 is 0 Å². The molecule has 0 saturated carbocycles. The topological polar surface area (TPSA) is 9.23 Å². The molecule has 1 nitrogen and oxygen atoms in total. The average molecular weight is 269 g/mol. The molecule has 0 aromatic heterocycles. The number of hydrogen-bond acceptors (Lipinski definition) is 1. The van der Waals surface area contributed by atoms with Gasteiger partial charge in [-0.15, -0.1) is 0 Å². The van der Waals surface area contributed by atoms with E-state index in [1.54, 1.807) is 31.2 Å². The van der Waals surface area contributed by atoms with Gasteiger partial charge in [-0.3, -0.25) is 0 Å². The highest BCUT2D eigenvalue weighted by Crippen LogP contribution is 2.21. The van der Waals surface area contributed by atoms with E-state index in [-0.39, 0.29) is 17.4 Å². The second-order valence-electron chi connectivity index (χ2n) is 3.91. The molecule has 0 heterocycles. The normalized spacial score (nSPS) is 10.4. The Morgan fingerprint density at radius 1 is 1.17 bits per heavy atom. The van der Waals surface area contributed by atoms with Crippen LogP contribution in [0.5, 0.6) is 5.75 Å². The van der Waals surface area contributed by atoms with Crippen LogP contribution in [-0.4, -0.2) is 0 Å². The molecule has 0 aliphatic heterocycles. The third-order valence-corrected chi connectivity index (χ3v) is 2.86. The molecule has 2 aromatic carbocycles. The van der Waals surface area contributed by atoms with E-state index in [0.29, 0.717) is 16.9 Å². The lowest BCUT2D eigenvalue weighted by molar-refractivity contribution is 0.298. The molecule has 0 N–H and O–H groups in total. The summed E-state index contributed by atoms with van der Waals surface area (Å²) in [6, 6.07) is 9.20. The zero-order valence-corrected chi connectivity index (χ0v) is 10.5. The largest absolute Gasteiger partial charge is 0.489 e. The van der Waals surface area contributed by atoms with Gasteiger partial charge < -0.3 is 4.74 Å². The van der Waals surface area contributed by atoms with Crippen molar-refractivity contribution < 1.29 is 13.5 Å². The molecule has 0 saturated heterocycles. The van der Waals surface area contributed by atoms with E-state index in [9.17, 15) is 8.78 Å². The first-order valence-electron chi connectivity index (χ1n) is 5.40. The summed E-state index contributed by atoms with van der Waals surface area (Å²) in [6.07, 6.45) is 0. The average Bonchev–Trinajstić information content (AvgIpc) is 2.35. The smallest absolute Gasteiger partial charge is 0.148 e. The first-order valence-corrected chi connectivity index (χ1v) is 5.77. The molecule has 0 aliphatic rings. The quantitative estimate of drug-likeness (QED) is 0.796. The number of rotatable bonds is 3.